The third kappa shape index (κ3) is 2.55. The highest BCUT2D eigenvalue weighted by Gasteiger charge is 2.14. The van der Waals surface area contributed by atoms with E-state index in [1.807, 2.05) is 0 Å². The molecule has 0 aliphatic heterocycles. The van der Waals surface area contributed by atoms with Crippen LogP contribution < -0.4 is 10.5 Å². The van der Waals surface area contributed by atoms with Gasteiger partial charge < -0.3 is 15.0 Å². The van der Waals surface area contributed by atoms with Gasteiger partial charge in [0.25, 0.3) is 5.89 Å². The molecule has 6 heteroatoms. The van der Waals surface area contributed by atoms with Crippen LogP contribution in [0.25, 0.3) is 22.8 Å². The van der Waals surface area contributed by atoms with E-state index in [2.05, 4.69) is 10.1 Å². The second-order valence-corrected chi connectivity index (χ2v) is 4.39. The quantitative estimate of drug-likeness (QED) is 0.748. The molecule has 2 N–H and O–H groups in total. The van der Waals surface area contributed by atoms with E-state index in [1.54, 1.807) is 31.4 Å². The zero-order valence-electron chi connectivity index (χ0n) is 11.2. The predicted molar refractivity (Wildman–Crippen MR) is 76.1 cm³/mol. The molecule has 5 nitrogen and oxygen atoms in total. The van der Waals surface area contributed by atoms with Crippen molar-refractivity contribution in [3.8, 4) is 28.6 Å². The van der Waals surface area contributed by atoms with Gasteiger partial charge in [0.2, 0.25) is 5.82 Å². The molecule has 106 valence electrons. The lowest BCUT2D eigenvalue weighted by Crippen LogP contribution is -1.90. The van der Waals surface area contributed by atoms with Crippen molar-refractivity contribution >= 4 is 5.69 Å². The summed E-state index contributed by atoms with van der Waals surface area (Å²) in [5, 5.41) is 3.85. The van der Waals surface area contributed by atoms with E-state index < -0.39 is 5.82 Å². The zero-order valence-corrected chi connectivity index (χ0v) is 11.2. The van der Waals surface area contributed by atoms with Crippen LogP contribution in [0.5, 0.6) is 5.75 Å². The Balaban J connectivity index is 1.97. The highest BCUT2D eigenvalue weighted by atomic mass is 19.1. The van der Waals surface area contributed by atoms with Crippen LogP contribution in [0.4, 0.5) is 10.1 Å². The molecule has 0 bridgehead atoms. The smallest absolute Gasteiger partial charge is 0.261 e. The van der Waals surface area contributed by atoms with E-state index >= 15 is 0 Å². The van der Waals surface area contributed by atoms with Crippen molar-refractivity contribution in [3.05, 3.63) is 48.3 Å². The number of methoxy groups -OCH3 is 1. The molecule has 1 aromatic heterocycles. The molecule has 0 atom stereocenters. The third-order valence-electron chi connectivity index (χ3n) is 3.00. The first-order chi connectivity index (χ1) is 10.2. The van der Waals surface area contributed by atoms with Gasteiger partial charge in [-0.2, -0.15) is 4.98 Å². The Morgan fingerprint density at radius 3 is 2.62 bits per heavy atom. The Bertz CT molecular complexity index is 769. The van der Waals surface area contributed by atoms with Gasteiger partial charge in [-0.05, 0) is 42.5 Å². The average molecular weight is 285 g/mol. The normalized spacial score (nSPS) is 10.6. The van der Waals surface area contributed by atoms with Crippen molar-refractivity contribution < 1.29 is 13.7 Å². The van der Waals surface area contributed by atoms with Crippen LogP contribution in [-0.4, -0.2) is 17.3 Å². The molecule has 2 aromatic carbocycles. The summed E-state index contributed by atoms with van der Waals surface area (Å²) >= 11 is 0. The van der Waals surface area contributed by atoms with Gasteiger partial charge in [0, 0.05) is 11.3 Å². The minimum Gasteiger partial charge on any atom is -0.497 e. The number of nitrogen functional groups attached to an aromatic ring is 1. The topological polar surface area (TPSA) is 74.2 Å². The lowest BCUT2D eigenvalue weighted by molar-refractivity contribution is 0.414. The number of rotatable bonds is 3. The average Bonchev–Trinajstić information content (AvgIpc) is 2.99. The van der Waals surface area contributed by atoms with Crippen LogP contribution in [-0.2, 0) is 0 Å². The molecule has 0 amide bonds. The summed E-state index contributed by atoms with van der Waals surface area (Å²) in [6, 6.07) is 11.4. The molecular formula is C15H12FN3O2. The summed E-state index contributed by atoms with van der Waals surface area (Å²) < 4.78 is 24.0. The molecule has 0 radical (unpaired) electrons. The van der Waals surface area contributed by atoms with Gasteiger partial charge in [-0.25, -0.2) is 4.39 Å². The third-order valence-corrected chi connectivity index (χ3v) is 3.00. The van der Waals surface area contributed by atoms with Gasteiger partial charge in [0.05, 0.1) is 12.7 Å². The molecule has 21 heavy (non-hydrogen) atoms. The summed E-state index contributed by atoms with van der Waals surface area (Å²) in [6.45, 7) is 0. The first-order valence-electron chi connectivity index (χ1n) is 6.21. The molecular weight excluding hydrogens is 273 g/mol. The number of hydrogen-bond acceptors (Lipinski definition) is 5. The van der Waals surface area contributed by atoms with Gasteiger partial charge in [-0.3, -0.25) is 0 Å². The molecule has 0 spiro atoms. The Morgan fingerprint density at radius 1 is 1.14 bits per heavy atom. The fourth-order valence-corrected chi connectivity index (χ4v) is 1.90. The number of benzene rings is 2. The first-order valence-corrected chi connectivity index (χ1v) is 6.21. The van der Waals surface area contributed by atoms with Crippen molar-refractivity contribution in [3.63, 3.8) is 0 Å². The second-order valence-electron chi connectivity index (χ2n) is 4.39. The van der Waals surface area contributed by atoms with E-state index in [1.165, 1.54) is 18.2 Å². The van der Waals surface area contributed by atoms with Crippen molar-refractivity contribution in [2.75, 3.05) is 12.8 Å². The molecule has 3 rings (SSSR count). The maximum atomic E-state index is 13.8. The summed E-state index contributed by atoms with van der Waals surface area (Å²) in [5.74, 6) is 0.721. The van der Waals surface area contributed by atoms with Gasteiger partial charge in [-0.15, -0.1) is 0 Å². The number of ether oxygens (including phenoxy) is 1. The van der Waals surface area contributed by atoms with Gasteiger partial charge in [0.15, 0.2) is 0 Å². The molecule has 0 aliphatic carbocycles. The van der Waals surface area contributed by atoms with E-state index in [0.29, 0.717) is 11.5 Å². The van der Waals surface area contributed by atoms with Crippen molar-refractivity contribution in [1.29, 1.82) is 0 Å². The van der Waals surface area contributed by atoms with Crippen LogP contribution in [0.2, 0.25) is 0 Å². The minimum absolute atomic E-state index is 0.0885. The molecule has 0 unspecified atom stereocenters. The molecule has 0 fully saturated rings. The minimum atomic E-state index is -0.464. The van der Waals surface area contributed by atoms with E-state index in [0.717, 1.165) is 11.3 Å². The van der Waals surface area contributed by atoms with Crippen LogP contribution in [0.3, 0.4) is 0 Å². The molecule has 0 saturated heterocycles. The standard InChI is InChI=1S/C15H12FN3O2/c1-20-11-5-2-9(3-6-11)14-18-15(21-19-14)12-8-10(17)4-7-13(12)16/h2-8H,17H2,1H3. The monoisotopic (exact) mass is 285 g/mol. The summed E-state index contributed by atoms with van der Waals surface area (Å²) in [6.07, 6.45) is 0. The van der Waals surface area contributed by atoms with Gasteiger partial charge >= 0.3 is 0 Å². The summed E-state index contributed by atoms with van der Waals surface area (Å²) in [4.78, 5) is 4.19. The van der Waals surface area contributed by atoms with E-state index in [9.17, 15) is 4.39 Å². The largest absolute Gasteiger partial charge is 0.497 e. The highest BCUT2D eigenvalue weighted by molar-refractivity contribution is 5.63. The van der Waals surface area contributed by atoms with Gasteiger partial charge in [0.1, 0.15) is 11.6 Å². The molecule has 3 aromatic rings. The maximum Gasteiger partial charge on any atom is 0.261 e. The van der Waals surface area contributed by atoms with Crippen LogP contribution in [0.15, 0.2) is 47.0 Å². The lowest BCUT2D eigenvalue weighted by Gasteiger charge is -1.99. The number of nitrogens with zero attached hydrogens (tertiary/aromatic N) is 2. The maximum absolute atomic E-state index is 13.8. The van der Waals surface area contributed by atoms with Crippen molar-refractivity contribution in [2.24, 2.45) is 0 Å². The van der Waals surface area contributed by atoms with Crippen LogP contribution in [0, 0.1) is 5.82 Å². The van der Waals surface area contributed by atoms with Gasteiger partial charge in [-0.1, -0.05) is 5.16 Å². The highest BCUT2D eigenvalue weighted by Crippen LogP contribution is 2.26. The summed E-state index contributed by atoms with van der Waals surface area (Å²) in [5.41, 5.74) is 7.00. The molecule has 0 aliphatic rings. The Labute approximate surface area is 120 Å². The Hall–Kier alpha value is -2.89. The molecule has 1 heterocycles. The van der Waals surface area contributed by atoms with Crippen molar-refractivity contribution in [1.82, 2.24) is 10.1 Å². The molecule has 0 saturated carbocycles. The lowest BCUT2D eigenvalue weighted by atomic mass is 10.2. The number of anilines is 1. The van der Waals surface area contributed by atoms with Crippen molar-refractivity contribution in [2.45, 2.75) is 0 Å². The fraction of sp³-hybridized carbons (Fsp3) is 0.0667. The van der Waals surface area contributed by atoms with Crippen LogP contribution >= 0.6 is 0 Å². The van der Waals surface area contributed by atoms with E-state index in [4.69, 9.17) is 15.0 Å². The first kappa shape index (κ1) is 13.1. The van der Waals surface area contributed by atoms with Crippen LogP contribution in [0.1, 0.15) is 0 Å². The zero-order chi connectivity index (χ0) is 14.8. The number of nitrogens with two attached hydrogens (primary N) is 1. The SMILES string of the molecule is COc1ccc(-c2noc(-c3cc(N)ccc3F)n2)cc1. The Kier molecular flexibility index (Phi) is 3.27. The number of aromatic nitrogens is 2. The second kappa shape index (κ2) is 5.24. The fourth-order valence-electron chi connectivity index (χ4n) is 1.90. The number of halogens is 1. The summed E-state index contributed by atoms with van der Waals surface area (Å²) in [7, 11) is 1.59. The number of hydrogen-bond donors (Lipinski definition) is 1. The van der Waals surface area contributed by atoms with E-state index in [-0.39, 0.29) is 11.5 Å². The Morgan fingerprint density at radius 2 is 1.90 bits per heavy atom. The predicted octanol–water partition coefficient (Wildman–Crippen LogP) is 3.13.